The molecule has 2 aliphatic rings. The summed E-state index contributed by atoms with van der Waals surface area (Å²) < 4.78 is 13.6. The average molecular weight is 343 g/mol. The number of hydrogen-bond acceptors (Lipinski definition) is 4. The van der Waals surface area contributed by atoms with Gasteiger partial charge in [0.2, 0.25) is 0 Å². The van der Waals surface area contributed by atoms with E-state index >= 15 is 0 Å². The van der Waals surface area contributed by atoms with Crippen LogP contribution in [0.3, 0.4) is 0 Å². The third-order valence-corrected chi connectivity index (χ3v) is 5.17. The molecule has 1 saturated carbocycles. The second kappa shape index (κ2) is 6.67. The minimum absolute atomic E-state index is 0.0176. The third-order valence-electron chi connectivity index (χ3n) is 5.17. The van der Waals surface area contributed by atoms with Crippen LogP contribution >= 0.6 is 0 Å². The molecule has 134 valence electrons. The number of amides is 1. The van der Waals surface area contributed by atoms with E-state index < -0.39 is 0 Å². The standard InChI is InChI=1S/C19H25N3O3/c1-13-7-18(14(2)25-13)19(23)22-9-17-8-20-12-21(17)6-5-16(22)11-24-10-15-3-4-15/h7-8,12,15-16H,3-6,9-11H2,1-2H3. The normalized spacial score (nSPS) is 20.4. The Morgan fingerprint density at radius 1 is 1.32 bits per heavy atom. The Hall–Kier alpha value is -2.08. The van der Waals surface area contributed by atoms with E-state index in [2.05, 4.69) is 9.55 Å². The van der Waals surface area contributed by atoms with Gasteiger partial charge in [0.1, 0.15) is 11.5 Å². The number of aryl methyl sites for hydroxylation is 3. The summed E-state index contributed by atoms with van der Waals surface area (Å²) in [6, 6.07) is 1.91. The first-order valence-electron chi connectivity index (χ1n) is 9.06. The minimum Gasteiger partial charge on any atom is -0.466 e. The molecule has 4 rings (SSSR count). The molecular weight excluding hydrogens is 318 g/mol. The molecule has 1 aliphatic heterocycles. The Labute approximate surface area is 147 Å². The fourth-order valence-corrected chi connectivity index (χ4v) is 3.49. The maximum absolute atomic E-state index is 13.2. The van der Waals surface area contributed by atoms with Crippen molar-refractivity contribution in [1.82, 2.24) is 14.5 Å². The zero-order valence-corrected chi connectivity index (χ0v) is 14.9. The van der Waals surface area contributed by atoms with Crippen molar-refractivity contribution in [2.75, 3.05) is 13.2 Å². The van der Waals surface area contributed by atoms with Gasteiger partial charge < -0.3 is 18.6 Å². The summed E-state index contributed by atoms with van der Waals surface area (Å²) in [6.45, 7) is 6.55. The monoisotopic (exact) mass is 343 g/mol. The van der Waals surface area contributed by atoms with Crippen LogP contribution in [-0.2, 0) is 17.8 Å². The minimum atomic E-state index is 0.0176. The van der Waals surface area contributed by atoms with Gasteiger partial charge in [0.15, 0.2) is 0 Å². The molecule has 0 N–H and O–H groups in total. The van der Waals surface area contributed by atoms with Crippen molar-refractivity contribution in [1.29, 1.82) is 0 Å². The molecule has 0 spiro atoms. The van der Waals surface area contributed by atoms with Crippen molar-refractivity contribution in [2.45, 2.75) is 52.2 Å². The fourth-order valence-electron chi connectivity index (χ4n) is 3.49. The van der Waals surface area contributed by atoms with Crippen LogP contribution in [0.5, 0.6) is 0 Å². The van der Waals surface area contributed by atoms with Crippen molar-refractivity contribution in [3.8, 4) is 0 Å². The number of aromatic nitrogens is 2. The van der Waals surface area contributed by atoms with E-state index in [0.29, 0.717) is 24.5 Å². The van der Waals surface area contributed by atoms with Gasteiger partial charge in [-0.3, -0.25) is 4.79 Å². The fraction of sp³-hybridized carbons (Fsp3) is 0.579. The van der Waals surface area contributed by atoms with Crippen LogP contribution in [0, 0.1) is 19.8 Å². The molecule has 0 aromatic carbocycles. The predicted molar refractivity (Wildman–Crippen MR) is 92.2 cm³/mol. The van der Waals surface area contributed by atoms with Crippen molar-refractivity contribution in [3.05, 3.63) is 41.4 Å². The Kier molecular flexibility index (Phi) is 4.37. The van der Waals surface area contributed by atoms with Gasteiger partial charge in [-0.15, -0.1) is 0 Å². The Morgan fingerprint density at radius 2 is 2.16 bits per heavy atom. The largest absolute Gasteiger partial charge is 0.466 e. The zero-order chi connectivity index (χ0) is 17.4. The summed E-state index contributed by atoms with van der Waals surface area (Å²) >= 11 is 0. The maximum atomic E-state index is 13.2. The Bertz CT molecular complexity index is 760. The van der Waals surface area contributed by atoms with E-state index in [9.17, 15) is 4.79 Å². The quantitative estimate of drug-likeness (QED) is 0.837. The smallest absolute Gasteiger partial charge is 0.258 e. The maximum Gasteiger partial charge on any atom is 0.258 e. The highest BCUT2D eigenvalue weighted by molar-refractivity contribution is 5.95. The highest BCUT2D eigenvalue weighted by atomic mass is 16.5. The van der Waals surface area contributed by atoms with Gasteiger partial charge in [0.25, 0.3) is 5.91 Å². The molecule has 6 nitrogen and oxygen atoms in total. The van der Waals surface area contributed by atoms with E-state index in [1.54, 1.807) is 0 Å². The lowest BCUT2D eigenvalue weighted by molar-refractivity contribution is 0.0369. The highest BCUT2D eigenvalue weighted by Gasteiger charge is 2.31. The number of imidazole rings is 1. The lowest BCUT2D eigenvalue weighted by atomic mass is 10.1. The zero-order valence-electron chi connectivity index (χ0n) is 14.9. The summed E-state index contributed by atoms with van der Waals surface area (Å²) in [6.07, 6.45) is 7.12. The number of hydrogen-bond donors (Lipinski definition) is 0. The number of rotatable bonds is 5. The SMILES string of the molecule is Cc1cc(C(=O)N2Cc3cncn3CCC2COCC2CC2)c(C)o1. The van der Waals surface area contributed by atoms with Crippen molar-refractivity contribution >= 4 is 5.91 Å². The summed E-state index contributed by atoms with van der Waals surface area (Å²) in [4.78, 5) is 19.4. The van der Waals surface area contributed by atoms with E-state index in [-0.39, 0.29) is 11.9 Å². The van der Waals surface area contributed by atoms with Crippen LogP contribution in [0.25, 0.3) is 0 Å². The lowest BCUT2D eigenvalue weighted by Gasteiger charge is -2.29. The molecule has 3 heterocycles. The lowest BCUT2D eigenvalue weighted by Crippen LogP contribution is -2.42. The molecule has 0 bridgehead atoms. The van der Waals surface area contributed by atoms with Crippen molar-refractivity contribution in [2.24, 2.45) is 5.92 Å². The molecule has 0 radical (unpaired) electrons. The van der Waals surface area contributed by atoms with Gasteiger partial charge in [-0.25, -0.2) is 4.98 Å². The van der Waals surface area contributed by atoms with E-state index in [1.807, 2.05) is 37.3 Å². The summed E-state index contributed by atoms with van der Waals surface area (Å²) in [5.41, 5.74) is 1.72. The molecule has 25 heavy (non-hydrogen) atoms. The van der Waals surface area contributed by atoms with Crippen LogP contribution in [0.1, 0.15) is 46.8 Å². The van der Waals surface area contributed by atoms with Crippen molar-refractivity contribution < 1.29 is 13.9 Å². The summed E-state index contributed by atoms with van der Waals surface area (Å²) in [7, 11) is 0. The summed E-state index contributed by atoms with van der Waals surface area (Å²) in [5.74, 6) is 2.19. The third kappa shape index (κ3) is 3.49. The number of furan rings is 1. The molecule has 6 heteroatoms. The second-order valence-corrected chi connectivity index (χ2v) is 7.26. The van der Waals surface area contributed by atoms with E-state index in [0.717, 1.165) is 36.9 Å². The molecule has 1 aliphatic carbocycles. The Morgan fingerprint density at radius 3 is 2.88 bits per heavy atom. The number of ether oxygens (including phenoxy) is 1. The van der Waals surface area contributed by atoms with Crippen LogP contribution in [0.4, 0.5) is 0 Å². The first kappa shape index (κ1) is 16.4. The number of nitrogens with zero attached hydrogens (tertiary/aromatic N) is 3. The van der Waals surface area contributed by atoms with Gasteiger partial charge >= 0.3 is 0 Å². The highest BCUT2D eigenvalue weighted by Crippen LogP contribution is 2.29. The first-order valence-corrected chi connectivity index (χ1v) is 9.06. The van der Waals surface area contributed by atoms with Gasteiger partial charge in [0, 0.05) is 19.3 Å². The van der Waals surface area contributed by atoms with Crippen LogP contribution < -0.4 is 0 Å². The van der Waals surface area contributed by atoms with Crippen LogP contribution in [0.2, 0.25) is 0 Å². The van der Waals surface area contributed by atoms with Gasteiger partial charge in [0.05, 0.1) is 36.8 Å². The van der Waals surface area contributed by atoms with Gasteiger partial charge in [-0.05, 0) is 45.1 Å². The van der Waals surface area contributed by atoms with Crippen LogP contribution in [0.15, 0.2) is 23.0 Å². The molecular formula is C19H25N3O3. The topological polar surface area (TPSA) is 60.5 Å². The van der Waals surface area contributed by atoms with E-state index in [1.165, 1.54) is 12.8 Å². The molecule has 2 aromatic heterocycles. The van der Waals surface area contributed by atoms with Gasteiger partial charge in [-0.2, -0.15) is 0 Å². The molecule has 0 saturated heterocycles. The number of carbonyl (C=O) groups is 1. The first-order chi connectivity index (χ1) is 12.1. The van der Waals surface area contributed by atoms with E-state index in [4.69, 9.17) is 9.15 Å². The molecule has 1 unspecified atom stereocenters. The molecule has 1 atom stereocenters. The predicted octanol–water partition coefficient (Wildman–Crippen LogP) is 2.93. The van der Waals surface area contributed by atoms with Crippen molar-refractivity contribution in [3.63, 3.8) is 0 Å². The van der Waals surface area contributed by atoms with Gasteiger partial charge in [-0.1, -0.05) is 0 Å². The number of carbonyl (C=O) groups excluding carboxylic acids is 1. The molecule has 1 amide bonds. The molecule has 2 aromatic rings. The second-order valence-electron chi connectivity index (χ2n) is 7.26. The number of fused-ring (bicyclic) bond motifs is 1. The molecule has 1 fully saturated rings. The average Bonchev–Trinajstić information content (AvgIpc) is 3.25. The Balaban J connectivity index is 1.55. The summed E-state index contributed by atoms with van der Waals surface area (Å²) in [5, 5.41) is 0. The van der Waals surface area contributed by atoms with Crippen LogP contribution in [-0.4, -0.2) is 39.6 Å².